The van der Waals surface area contributed by atoms with Gasteiger partial charge in [0.15, 0.2) is 11.5 Å². The highest BCUT2D eigenvalue weighted by Gasteiger charge is 2.22. The summed E-state index contributed by atoms with van der Waals surface area (Å²) in [5.41, 5.74) is 0.789. The van der Waals surface area contributed by atoms with Gasteiger partial charge in [-0.05, 0) is 19.4 Å². The zero-order valence-electron chi connectivity index (χ0n) is 9.15. The van der Waals surface area contributed by atoms with Gasteiger partial charge in [-0.15, -0.1) is 0 Å². The summed E-state index contributed by atoms with van der Waals surface area (Å²) < 4.78 is 5.51. The maximum atomic E-state index is 9.53. The third-order valence-corrected chi connectivity index (χ3v) is 3.84. The lowest BCUT2D eigenvalue weighted by atomic mass is 10.2. The van der Waals surface area contributed by atoms with Crippen LogP contribution in [0.5, 0.6) is 11.5 Å². The second-order valence-corrected chi connectivity index (χ2v) is 5.05. The Kier molecular flexibility index (Phi) is 4.85. The standard InChI is InChI=1S/C11H10Cl4O2/c1-4(2)5(3)17-11-8(14)6(12)10(16)7(13)9(11)15/h5,16H,1H2,2-3H3. The van der Waals surface area contributed by atoms with Crippen LogP contribution in [0, 0.1) is 0 Å². The van der Waals surface area contributed by atoms with E-state index in [4.69, 9.17) is 51.1 Å². The lowest BCUT2D eigenvalue weighted by molar-refractivity contribution is 0.258. The molecule has 1 rings (SSSR count). The molecule has 0 amide bonds. The average molecular weight is 316 g/mol. The highest BCUT2D eigenvalue weighted by molar-refractivity contribution is 6.50. The summed E-state index contributed by atoms with van der Waals surface area (Å²) in [6, 6.07) is 0. The summed E-state index contributed by atoms with van der Waals surface area (Å²) >= 11 is 23.5. The minimum atomic E-state index is -0.362. The van der Waals surface area contributed by atoms with E-state index in [1.807, 2.05) is 0 Å². The molecule has 0 aromatic heterocycles. The number of rotatable bonds is 3. The summed E-state index contributed by atoms with van der Waals surface area (Å²) in [7, 11) is 0. The van der Waals surface area contributed by atoms with Crippen LogP contribution in [0.1, 0.15) is 13.8 Å². The van der Waals surface area contributed by atoms with E-state index in [0.29, 0.717) is 0 Å². The van der Waals surface area contributed by atoms with Crippen molar-refractivity contribution >= 4 is 46.4 Å². The number of halogens is 4. The van der Waals surface area contributed by atoms with E-state index in [0.717, 1.165) is 5.57 Å². The number of aromatic hydroxyl groups is 1. The molecule has 0 aliphatic heterocycles. The fourth-order valence-corrected chi connectivity index (χ4v) is 1.90. The summed E-state index contributed by atoms with van der Waals surface area (Å²) in [6.07, 6.45) is -0.304. The first-order chi connectivity index (χ1) is 7.77. The van der Waals surface area contributed by atoms with Gasteiger partial charge in [-0.1, -0.05) is 53.0 Å². The van der Waals surface area contributed by atoms with E-state index in [2.05, 4.69) is 6.58 Å². The number of phenols is 1. The predicted octanol–water partition coefficient (Wildman–Crippen LogP) is 5.35. The van der Waals surface area contributed by atoms with Crippen molar-refractivity contribution in [3.05, 3.63) is 32.2 Å². The van der Waals surface area contributed by atoms with Crippen molar-refractivity contribution in [1.82, 2.24) is 0 Å². The van der Waals surface area contributed by atoms with Gasteiger partial charge in [0.2, 0.25) is 0 Å². The van der Waals surface area contributed by atoms with Crippen LogP contribution in [-0.4, -0.2) is 11.2 Å². The van der Waals surface area contributed by atoms with Crippen LogP contribution in [0.15, 0.2) is 12.2 Å². The number of benzene rings is 1. The minimum Gasteiger partial charge on any atom is -0.505 e. The molecular formula is C11H10Cl4O2. The molecule has 0 bridgehead atoms. The first-order valence-corrected chi connectivity index (χ1v) is 6.15. The molecule has 6 heteroatoms. The Hall–Kier alpha value is -0.280. The Morgan fingerprint density at radius 1 is 1.12 bits per heavy atom. The quantitative estimate of drug-likeness (QED) is 0.602. The van der Waals surface area contributed by atoms with Gasteiger partial charge in [-0.2, -0.15) is 0 Å². The first kappa shape index (κ1) is 14.8. The number of phenolic OH excluding ortho intramolecular Hbond substituents is 1. The molecule has 1 unspecified atom stereocenters. The monoisotopic (exact) mass is 314 g/mol. The summed E-state index contributed by atoms with van der Waals surface area (Å²) in [6.45, 7) is 7.33. The Labute approximate surface area is 120 Å². The van der Waals surface area contributed by atoms with Crippen LogP contribution >= 0.6 is 46.4 Å². The molecule has 0 radical (unpaired) electrons. The Morgan fingerprint density at radius 3 is 1.88 bits per heavy atom. The highest BCUT2D eigenvalue weighted by Crippen LogP contribution is 2.49. The van der Waals surface area contributed by atoms with Gasteiger partial charge in [0.25, 0.3) is 0 Å². The van der Waals surface area contributed by atoms with Crippen LogP contribution in [0.3, 0.4) is 0 Å². The van der Waals surface area contributed by atoms with E-state index < -0.39 is 0 Å². The van der Waals surface area contributed by atoms with Gasteiger partial charge in [0.1, 0.15) is 26.2 Å². The molecule has 0 aliphatic rings. The molecule has 0 spiro atoms. The Bertz CT molecular complexity index is 442. The van der Waals surface area contributed by atoms with Crippen molar-refractivity contribution < 1.29 is 9.84 Å². The molecular weight excluding hydrogens is 306 g/mol. The van der Waals surface area contributed by atoms with Gasteiger partial charge in [-0.3, -0.25) is 0 Å². The van der Waals surface area contributed by atoms with Crippen LogP contribution in [0.25, 0.3) is 0 Å². The molecule has 0 aliphatic carbocycles. The molecule has 1 N–H and O–H groups in total. The minimum absolute atomic E-state index is 0.0201. The number of ether oxygens (including phenoxy) is 1. The molecule has 0 fully saturated rings. The fraction of sp³-hybridized carbons (Fsp3) is 0.273. The van der Waals surface area contributed by atoms with Gasteiger partial charge in [0, 0.05) is 0 Å². The third-order valence-electron chi connectivity index (χ3n) is 2.19. The molecule has 1 aromatic carbocycles. The average Bonchev–Trinajstić information content (AvgIpc) is 2.29. The second-order valence-electron chi connectivity index (χ2n) is 3.54. The molecule has 0 saturated heterocycles. The van der Waals surface area contributed by atoms with Crippen LogP contribution in [0.2, 0.25) is 20.1 Å². The van der Waals surface area contributed by atoms with Crippen LogP contribution in [-0.2, 0) is 0 Å². The largest absolute Gasteiger partial charge is 0.505 e. The van der Waals surface area contributed by atoms with E-state index in [9.17, 15) is 5.11 Å². The number of hydrogen-bond acceptors (Lipinski definition) is 2. The molecule has 0 saturated carbocycles. The maximum absolute atomic E-state index is 9.53. The van der Waals surface area contributed by atoms with Crippen molar-refractivity contribution in [1.29, 1.82) is 0 Å². The molecule has 0 heterocycles. The highest BCUT2D eigenvalue weighted by atomic mass is 35.5. The van der Waals surface area contributed by atoms with Crippen molar-refractivity contribution in [2.45, 2.75) is 20.0 Å². The van der Waals surface area contributed by atoms with Crippen molar-refractivity contribution in [3.63, 3.8) is 0 Å². The van der Waals surface area contributed by atoms with Crippen LogP contribution < -0.4 is 4.74 Å². The maximum Gasteiger partial charge on any atom is 0.160 e. The zero-order valence-corrected chi connectivity index (χ0v) is 12.2. The lowest BCUT2D eigenvalue weighted by Crippen LogP contribution is -2.13. The van der Waals surface area contributed by atoms with Crippen molar-refractivity contribution in [2.75, 3.05) is 0 Å². The van der Waals surface area contributed by atoms with Gasteiger partial charge < -0.3 is 9.84 Å². The summed E-state index contributed by atoms with van der Waals surface area (Å²) in [4.78, 5) is 0. The normalized spacial score (nSPS) is 12.4. The van der Waals surface area contributed by atoms with E-state index >= 15 is 0 Å². The van der Waals surface area contributed by atoms with Gasteiger partial charge in [-0.25, -0.2) is 0 Å². The number of hydrogen-bond donors (Lipinski definition) is 1. The predicted molar refractivity (Wildman–Crippen MR) is 73.1 cm³/mol. The fourth-order valence-electron chi connectivity index (χ4n) is 0.981. The Balaban J connectivity index is 3.30. The van der Waals surface area contributed by atoms with Gasteiger partial charge >= 0.3 is 0 Å². The smallest absolute Gasteiger partial charge is 0.160 e. The topological polar surface area (TPSA) is 29.5 Å². The zero-order chi connectivity index (χ0) is 13.3. The van der Waals surface area contributed by atoms with Crippen LogP contribution in [0.4, 0.5) is 0 Å². The SMILES string of the molecule is C=C(C)C(C)Oc1c(Cl)c(Cl)c(O)c(Cl)c1Cl. The van der Waals surface area contributed by atoms with E-state index in [1.165, 1.54) is 0 Å². The Morgan fingerprint density at radius 2 is 1.53 bits per heavy atom. The van der Waals surface area contributed by atoms with Crippen molar-refractivity contribution in [2.24, 2.45) is 0 Å². The second kappa shape index (κ2) is 5.57. The summed E-state index contributed by atoms with van der Waals surface area (Å²) in [5.74, 6) is -0.227. The van der Waals surface area contributed by atoms with Gasteiger partial charge in [0.05, 0.1) is 0 Å². The molecule has 2 nitrogen and oxygen atoms in total. The molecule has 94 valence electrons. The van der Waals surface area contributed by atoms with Crippen molar-refractivity contribution in [3.8, 4) is 11.5 Å². The van der Waals surface area contributed by atoms with E-state index in [-0.39, 0.29) is 37.7 Å². The lowest BCUT2D eigenvalue weighted by Gasteiger charge is -2.18. The third kappa shape index (κ3) is 2.94. The van der Waals surface area contributed by atoms with E-state index in [1.54, 1.807) is 13.8 Å². The first-order valence-electron chi connectivity index (χ1n) is 4.64. The molecule has 17 heavy (non-hydrogen) atoms. The molecule has 1 atom stereocenters. The summed E-state index contributed by atoms with van der Waals surface area (Å²) in [5, 5.41) is 9.38. The molecule has 1 aromatic rings.